The predicted molar refractivity (Wildman–Crippen MR) is 103 cm³/mol. The zero-order valence-electron chi connectivity index (χ0n) is 16.4. The van der Waals surface area contributed by atoms with Crippen LogP contribution in [0.15, 0.2) is 12.1 Å². The van der Waals surface area contributed by atoms with Gasteiger partial charge in [-0.05, 0) is 76.6 Å². The number of methoxy groups -OCH3 is 1. The van der Waals surface area contributed by atoms with Crippen molar-refractivity contribution in [1.82, 2.24) is 5.32 Å². The molecule has 1 amide bonds. The molecule has 0 heterocycles. The molecule has 0 unspecified atom stereocenters. The summed E-state index contributed by atoms with van der Waals surface area (Å²) in [5.41, 5.74) is 1.62. The summed E-state index contributed by atoms with van der Waals surface area (Å²) in [6.45, 7) is 8.12. The van der Waals surface area contributed by atoms with E-state index in [1.54, 1.807) is 7.11 Å². The molecule has 2 rings (SSSR count). The highest BCUT2D eigenvalue weighted by Gasteiger charge is 2.26. The van der Waals surface area contributed by atoms with Gasteiger partial charge in [0.1, 0.15) is 11.4 Å². The van der Waals surface area contributed by atoms with E-state index >= 15 is 0 Å². The summed E-state index contributed by atoms with van der Waals surface area (Å²) in [5, 5.41) is 3.60. The van der Waals surface area contributed by atoms with Crippen LogP contribution in [-0.2, 0) is 16.1 Å². The standard InChI is InChI=1S/C20H30ClNO4/c1-13-14(12-24-5)10-15(21)11-18(13)25-17-8-6-16(7-9-17)22-19(23)26-20(2,3)4/h10-11,16-17H,6-9,12H2,1-5H3,(H,22,23). The molecule has 1 fully saturated rings. The Hall–Kier alpha value is -1.46. The molecule has 1 saturated carbocycles. The molecule has 1 N–H and O–H groups in total. The summed E-state index contributed by atoms with van der Waals surface area (Å²) >= 11 is 6.21. The lowest BCUT2D eigenvalue weighted by atomic mass is 9.93. The fraction of sp³-hybridized carbons (Fsp3) is 0.650. The minimum atomic E-state index is -0.478. The van der Waals surface area contributed by atoms with E-state index in [-0.39, 0.29) is 18.2 Å². The largest absolute Gasteiger partial charge is 0.490 e. The van der Waals surface area contributed by atoms with Gasteiger partial charge in [-0.3, -0.25) is 0 Å². The number of benzene rings is 1. The van der Waals surface area contributed by atoms with E-state index in [1.165, 1.54) is 0 Å². The maximum Gasteiger partial charge on any atom is 0.407 e. The first-order chi connectivity index (χ1) is 12.2. The SMILES string of the molecule is COCc1cc(Cl)cc(OC2CCC(NC(=O)OC(C)(C)C)CC2)c1C. The van der Waals surface area contributed by atoms with E-state index in [2.05, 4.69) is 5.32 Å². The molecule has 0 saturated heterocycles. The molecular formula is C20H30ClNO4. The second-order valence-corrected chi connectivity index (χ2v) is 8.30. The van der Waals surface area contributed by atoms with Crippen molar-refractivity contribution >= 4 is 17.7 Å². The molecule has 1 aliphatic carbocycles. The molecule has 6 heteroatoms. The number of nitrogens with one attached hydrogen (secondary N) is 1. The normalized spacial score (nSPS) is 20.5. The molecule has 1 aliphatic rings. The van der Waals surface area contributed by atoms with Crippen LogP contribution in [0, 0.1) is 6.92 Å². The second-order valence-electron chi connectivity index (χ2n) is 7.86. The van der Waals surface area contributed by atoms with Gasteiger partial charge in [-0.15, -0.1) is 0 Å². The molecule has 0 radical (unpaired) electrons. The van der Waals surface area contributed by atoms with Crippen molar-refractivity contribution in [2.24, 2.45) is 0 Å². The van der Waals surface area contributed by atoms with Crippen LogP contribution in [0.5, 0.6) is 5.75 Å². The van der Waals surface area contributed by atoms with Crippen molar-refractivity contribution in [3.8, 4) is 5.75 Å². The van der Waals surface area contributed by atoms with Gasteiger partial charge < -0.3 is 19.5 Å². The molecule has 0 aliphatic heterocycles. The van der Waals surface area contributed by atoms with Gasteiger partial charge in [-0.1, -0.05) is 11.6 Å². The van der Waals surface area contributed by atoms with E-state index < -0.39 is 5.60 Å². The van der Waals surface area contributed by atoms with Gasteiger partial charge in [0.25, 0.3) is 0 Å². The average Bonchev–Trinajstić information content (AvgIpc) is 2.52. The Morgan fingerprint density at radius 2 is 1.88 bits per heavy atom. The predicted octanol–water partition coefficient (Wildman–Crippen LogP) is 5.01. The third-order valence-corrected chi connectivity index (χ3v) is 4.64. The summed E-state index contributed by atoms with van der Waals surface area (Å²) in [5.74, 6) is 0.813. The molecule has 1 aromatic rings. The number of ether oxygens (including phenoxy) is 3. The molecule has 0 aromatic heterocycles. The molecular weight excluding hydrogens is 354 g/mol. The molecule has 26 heavy (non-hydrogen) atoms. The first-order valence-electron chi connectivity index (χ1n) is 9.12. The van der Waals surface area contributed by atoms with Gasteiger partial charge in [0.2, 0.25) is 0 Å². The van der Waals surface area contributed by atoms with Gasteiger partial charge in [0, 0.05) is 18.2 Å². The Kier molecular flexibility index (Phi) is 7.18. The van der Waals surface area contributed by atoms with Crippen molar-refractivity contribution in [1.29, 1.82) is 0 Å². The maximum absolute atomic E-state index is 11.9. The highest BCUT2D eigenvalue weighted by atomic mass is 35.5. The Labute approximate surface area is 161 Å². The van der Waals surface area contributed by atoms with Crippen LogP contribution in [0.25, 0.3) is 0 Å². The first kappa shape index (κ1) is 20.8. The van der Waals surface area contributed by atoms with Crippen molar-refractivity contribution in [3.63, 3.8) is 0 Å². The summed E-state index contributed by atoms with van der Waals surface area (Å²) in [4.78, 5) is 11.9. The van der Waals surface area contributed by atoms with Crippen molar-refractivity contribution in [2.45, 2.75) is 77.7 Å². The van der Waals surface area contributed by atoms with Crippen LogP contribution in [0.4, 0.5) is 4.79 Å². The fourth-order valence-corrected chi connectivity index (χ4v) is 3.35. The van der Waals surface area contributed by atoms with Crippen LogP contribution in [0.3, 0.4) is 0 Å². The lowest BCUT2D eigenvalue weighted by molar-refractivity contribution is 0.0470. The Morgan fingerprint density at radius 3 is 2.46 bits per heavy atom. The van der Waals surface area contributed by atoms with Gasteiger partial charge in [-0.25, -0.2) is 4.79 Å². The smallest absolute Gasteiger partial charge is 0.407 e. The number of halogens is 1. The van der Waals surface area contributed by atoms with Crippen molar-refractivity contribution in [3.05, 3.63) is 28.3 Å². The number of carbonyl (C=O) groups is 1. The molecule has 146 valence electrons. The number of hydrogen-bond donors (Lipinski definition) is 1. The number of amides is 1. The monoisotopic (exact) mass is 383 g/mol. The highest BCUT2D eigenvalue weighted by Crippen LogP contribution is 2.31. The minimum Gasteiger partial charge on any atom is -0.490 e. The summed E-state index contributed by atoms with van der Waals surface area (Å²) in [7, 11) is 1.67. The zero-order chi connectivity index (χ0) is 19.3. The number of rotatable bonds is 5. The third-order valence-electron chi connectivity index (χ3n) is 4.42. The van der Waals surface area contributed by atoms with Crippen molar-refractivity contribution in [2.75, 3.05) is 7.11 Å². The second kappa shape index (κ2) is 8.96. The third kappa shape index (κ3) is 6.36. The lowest BCUT2D eigenvalue weighted by Crippen LogP contribution is -2.42. The molecule has 5 nitrogen and oxygen atoms in total. The van der Waals surface area contributed by atoms with Crippen LogP contribution in [0.2, 0.25) is 5.02 Å². The van der Waals surface area contributed by atoms with Crippen LogP contribution >= 0.6 is 11.6 Å². The van der Waals surface area contributed by atoms with E-state index in [1.807, 2.05) is 39.8 Å². The molecule has 0 bridgehead atoms. The first-order valence-corrected chi connectivity index (χ1v) is 9.50. The summed E-state index contributed by atoms with van der Waals surface area (Å²) in [6, 6.07) is 3.91. The number of hydrogen-bond acceptors (Lipinski definition) is 4. The van der Waals surface area contributed by atoms with Crippen LogP contribution in [-0.4, -0.2) is 30.9 Å². The van der Waals surface area contributed by atoms with Gasteiger partial charge in [0.15, 0.2) is 0 Å². The highest BCUT2D eigenvalue weighted by molar-refractivity contribution is 6.30. The van der Waals surface area contributed by atoms with Crippen molar-refractivity contribution < 1.29 is 19.0 Å². The molecule has 1 aromatic carbocycles. The maximum atomic E-state index is 11.9. The number of alkyl carbamates (subject to hydrolysis) is 1. The van der Waals surface area contributed by atoms with Crippen LogP contribution < -0.4 is 10.1 Å². The molecule has 0 spiro atoms. The van der Waals surface area contributed by atoms with Gasteiger partial charge in [0.05, 0.1) is 12.7 Å². The van der Waals surface area contributed by atoms with E-state index in [4.69, 9.17) is 25.8 Å². The van der Waals surface area contributed by atoms with Crippen LogP contribution in [0.1, 0.15) is 57.6 Å². The van der Waals surface area contributed by atoms with E-state index in [9.17, 15) is 4.79 Å². The average molecular weight is 384 g/mol. The van der Waals surface area contributed by atoms with Gasteiger partial charge in [-0.2, -0.15) is 0 Å². The summed E-state index contributed by atoms with van der Waals surface area (Å²) < 4.78 is 16.8. The van der Waals surface area contributed by atoms with E-state index in [0.717, 1.165) is 42.6 Å². The Balaban J connectivity index is 1.88. The topological polar surface area (TPSA) is 56.8 Å². The van der Waals surface area contributed by atoms with E-state index in [0.29, 0.717) is 11.6 Å². The quantitative estimate of drug-likeness (QED) is 0.776. The molecule has 0 atom stereocenters. The van der Waals surface area contributed by atoms with Gasteiger partial charge >= 0.3 is 6.09 Å². The lowest BCUT2D eigenvalue weighted by Gasteiger charge is -2.31. The zero-order valence-corrected chi connectivity index (χ0v) is 17.1. The minimum absolute atomic E-state index is 0.124. The fourth-order valence-electron chi connectivity index (χ4n) is 3.11. The Morgan fingerprint density at radius 1 is 1.23 bits per heavy atom. The number of carbonyl (C=O) groups excluding carboxylic acids is 1. The summed E-state index contributed by atoms with van der Waals surface area (Å²) in [6.07, 6.45) is 3.28. The Bertz CT molecular complexity index is 619.